The van der Waals surface area contributed by atoms with E-state index in [1.165, 1.54) is 26.3 Å². The van der Waals surface area contributed by atoms with Crippen molar-refractivity contribution in [1.82, 2.24) is 10.2 Å². The molecule has 2 N–H and O–H groups in total. The number of fused-ring (bicyclic) bond motifs is 1. The average Bonchev–Trinajstić information content (AvgIpc) is 3.33. The molecular formula is C27H28F4N2O6. The molecular weight excluding hydrogens is 524 g/mol. The Morgan fingerprint density at radius 2 is 1.51 bits per heavy atom. The first-order valence-electron chi connectivity index (χ1n) is 12.0. The SMILES string of the molecule is COC(=O)[C@]1(CC(C)C)N[C@H](c2ccc(-c3ccc(F)cc3)cc2)[C@@H]2C(=O)N(C)C(=O)[C@@H]21.O=C(O)C(F)(F)F. The number of hydrogen-bond donors (Lipinski definition) is 2. The molecule has 8 nitrogen and oxygen atoms in total. The molecule has 0 aromatic heterocycles. The zero-order chi connectivity index (χ0) is 29.3. The number of esters is 1. The minimum absolute atomic E-state index is 0.0932. The number of amides is 2. The minimum atomic E-state index is -5.08. The number of carbonyl (C=O) groups is 4. The summed E-state index contributed by atoms with van der Waals surface area (Å²) in [6.45, 7) is 3.94. The van der Waals surface area contributed by atoms with Gasteiger partial charge in [0.1, 0.15) is 11.4 Å². The van der Waals surface area contributed by atoms with Gasteiger partial charge in [-0.2, -0.15) is 13.2 Å². The molecule has 2 amide bonds. The Hall–Kier alpha value is -3.80. The van der Waals surface area contributed by atoms with Crippen LogP contribution in [-0.2, 0) is 23.9 Å². The van der Waals surface area contributed by atoms with Crippen molar-refractivity contribution in [1.29, 1.82) is 0 Å². The van der Waals surface area contributed by atoms with Crippen LogP contribution in [0.3, 0.4) is 0 Å². The van der Waals surface area contributed by atoms with Crippen LogP contribution < -0.4 is 5.32 Å². The molecule has 0 unspecified atom stereocenters. The molecule has 2 heterocycles. The Morgan fingerprint density at radius 1 is 1.03 bits per heavy atom. The van der Waals surface area contributed by atoms with Gasteiger partial charge in [0.05, 0.1) is 18.9 Å². The average molecular weight is 553 g/mol. The van der Waals surface area contributed by atoms with Crippen molar-refractivity contribution in [3.05, 3.63) is 59.9 Å². The van der Waals surface area contributed by atoms with E-state index in [1.807, 2.05) is 38.1 Å². The highest BCUT2D eigenvalue weighted by molar-refractivity contribution is 6.09. The highest BCUT2D eigenvalue weighted by Gasteiger charge is 2.68. The fraction of sp³-hybridized carbons (Fsp3) is 0.407. The number of carbonyl (C=O) groups excluding carboxylic acids is 3. The van der Waals surface area contributed by atoms with E-state index in [4.69, 9.17) is 14.6 Å². The van der Waals surface area contributed by atoms with E-state index in [0.29, 0.717) is 6.42 Å². The fourth-order valence-electron chi connectivity index (χ4n) is 5.24. The van der Waals surface area contributed by atoms with E-state index in [2.05, 4.69) is 5.32 Å². The maximum Gasteiger partial charge on any atom is 0.490 e. The molecule has 2 aromatic rings. The quantitative estimate of drug-likeness (QED) is 0.328. The van der Waals surface area contributed by atoms with Crippen molar-refractivity contribution in [2.45, 2.75) is 38.0 Å². The molecule has 2 aliphatic rings. The number of hydrogen-bond acceptors (Lipinski definition) is 6. The van der Waals surface area contributed by atoms with Crippen LogP contribution in [0.25, 0.3) is 11.1 Å². The van der Waals surface area contributed by atoms with Crippen molar-refractivity contribution in [3.63, 3.8) is 0 Å². The normalized spacial score (nSPS) is 24.3. The van der Waals surface area contributed by atoms with Crippen LogP contribution in [0.5, 0.6) is 0 Å². The van der Waals surface area contributed by atoms with E-state index in [1.54, 1.807) is 12.1 Å². The maximum atomic E-state index is 13.2. The van der Waals surface area contributed by atoms with Gasteiger partial charge in [-0.3, -0.25) is 24.6 Å². The highest BCUT2D eigenvalue weighted by atomic mass is 19.4. The van der Waals surface area contributed by atoms with Crippen LogP contribution in [0, 0.1) is 23.6 Å². The molecule has 0 aliphatic carbocycles. The molecule has 4 rings (SSSR count). The lowest BCUT2D eigenvalue weighted by atomic mass is 9.75. The van der Waals surface area contributed by atoms with Gasteiger partial charge in [0.15, 0.2) is 0 Å². The molecule has 210 valence electrons. The third kappa shape index (κ3) is 5.80. The summed E-state index contributed by atoms with van der Waals surface area (Å²) in [4.78, 5) is 49.2. The van der Waals surface area contributed by atoms with Crippen LogP contribution in [0.4, 0.5) is 17.6 Å². The largest absolute Gasteiger partial charge is 0.490 e. The van der Waals surface area contributed by atoms with Crippen molar-refractivity contribution in [3.8, 4) is 11.1 Å². The van der Waals surface area contributed by atoms with E-state index in [-0.39, 0.29) is 23.5 Å². The summed E-state index contributed by atoms with van der Waals surface area (Å²) >= 11 is 0. The molecule has 4 atom stereocenters. The molecule has 0 saturated carbocycles. The molecule has 2 aromatic carbocycles. The number of alkyl halides is 3. The smallest absolute Gasteiger partial charge is 0.475 e. The predicted molar refractivity (Wildman–Crippen MR) is 130 cm³/mol. The predicted octanol–water partition coefficient (Wildman–Crippen LogP) is 3.96. The zero-order valence-corrected chi connectivity index (χ0v) is 21.6. The Labute approximate surface area is 221 Å². The van der Waals surface area contributed by atoms with Crippen LogP contribution in [0.15, 0.2) is 48.5 Å². The second kappa shape index (κ2) is 11.1. The third-order valence-corrected chi connectivity index (χ3v) is 6.84. The van der Waals surface area contributed by atoms with Gasteiger partial charge in [-0.25, -0.2) is 9.18 Å². The number of methoxy groups -OCH3 is 1. The Morgan fingerprint density at radius 3 is 1.95 bits per heavy atom. The monoisotopic (exact) mass is 552 g/mol. The second-order valence-corrected chi connectivity index (χ2v) is 9.85. The number of nitrogens with zero attached hydrogens (tertiary/aromatic N) is 1. The molecule has 0 radical (unpaired) electrons. The number of benzene rings is 2. The first-order chi connectivity index (χ1) is 18.1. The van der Waals surface area contributed by atoms with Gasteiger partial charge in [0.2, 0.25) is 11.8 Å². The number of nitrogens with one attached hydrogen (secondary N) is 1. The van der Waals surface area contributed by atoms with Crippen LogP contribution in [0.1, 0.15) is 31.9 Å². The maximum absolute atomic E-state index is 13.2. The standard InChI is InChI=1S/C25H27FN2O4.C2HF3O2/c1-14(2)13-25(24(31)32-4)20-19(22(29)28(3)23(20)30)21(27-25)17-7-5-15(6-8-17)16-9-11-18(26)12-10-16;3-2(4,5)1(6)7/h5-12,14,19-21,27H,13H2,1-4H3;(H,6,7)/t19-,20-,21-,25-;/m1./s1. The summed E-state index contributed by atoms with van der Waals surface area (Å²) in [5.74, 6) is -5.66. The lowest BCUT2D eigenvalue weighted by Crippen LogP contribution is -2.56. The minimum Gasteiger partial charge on any atom is -0.475 e. The summed E-state index contributed by atoms with van der Waals surface area (Å²) in [6, 6.07) is 13.2. The van der Waals surface area contributed by atoms with Crippen molar-refractivity contribution in [2.24, 2.45) is 17.8 Å². The zero-order valence-electron chi connectivity index (χ0n) is 21.6. The van der Waals surface area contributed by atoms with E-state index < -0.39 is 41.5 Å². The van der Waals surface area contributed by atoms with Gasteiger partial charge in [-0.1, -0.05) is 50.2 Å². The van der Waals surface area contributed by atoms with Crippen LogP contribution in [0.2, 0.25) is 0 Å². The number of carboxylic acid groups (broad SMARTS) is 1. The lowest BCUT2D eigenvalue weighted by Gasteiger charge is -2.33. The van der Waals surface area contributed by atoms with Gasteiger partial charge in [-0.15, -0.1) is 0 Å². The van der Waals surface area contributed by atoms with Gasteiger partial charge in [0, 0.05) is 13.1 Å². The van der Waals surface area contributed by atoms with Crippen molar-refractivity contribution < 1.29 is 46.6 Å². The summed E-state index contributed by atoms with van der Waals surface area (Å²) in [5, 5.41) is 10.5. The summed E-state index contributed by atoms with van der Waals surface area (Å²) < 4.78 is 50.1. The Bertz CT molecular complexity index is 1250. The lowest BCUT2D eigenvalue weighted by molar-refractivity contribution is -0.192. The van der Waals surface area contributed by atoms with Crippen molar-refractivity contribution >= 4 is 23.8 Å². The van der Waals surface area contributed by atoms with Gasteiger partial charge in [0.25, 0.3) is 0 Å². The molecule has 0 bridgehead atoms. The van der Waals surface area contributed by atoms with E-state index in [0.717, 1.165) is 21.6 Å². The second-order valence-electron chi connectivity index (χ2n) is 9.85. The fourth-order valence-corrected chi connectivity index (χ4v) is 5.24. The number of carboxylic acids is 1. The third-order valence-electron chi connectivity index (χ3n) is 6.84. The number of likely N-dealkylation sites (tertiary alicyclic amines) is 1. The molecule has 2 aliphatic heterocycles. The number of ether oxygens (including phenoxy) is 1. The Balaban J connectivity index is 0.000000532. The molecule has 0 spiro atoms. The molecule has 12 heteroatoms. The summed E-state index contributed by atoms with van der Waals surface area (Å²) in [7, 11) is 2.77. The van der Waals surface area contributed by atoms with Gasteiger partial charge in [-0.05, 0) is 41.2 Å². The molecule has 39 heavy (non-hydrogen) atoms. The first-order valence-corrected chi connectivity index (χ1v) is 12.0. The van der Waals surface area contributed by atoms with Crippen molar-refractivity contribution in [2.75, 3.05) is 14.2 Å². The molecule has 2 fully saturated rings. The Kier molecular flexibility index (Phi) is 8.49. The summed E-state index contributed by atoms with van der Waals surface area (Å²) in [5.41, 5.74) is 1.30. The summed E-state index contributed by atoms with van der Waals surface area (Å²) in [6.07, 6.45) is -4.71. The first kappa shape index (κ1) is 29.8. The molecule has 2 saturated heterocycles. The topological polar surface area (TPSA) is 113 Å². The highest BCUT2D eigenvalue weighted by Crippen LogP contribution is 2.51. The van der Waals surface area contributed by atoms with E-state index in [9.17, 15) is 31.9 Å². The van der Waals surface area contributed by atoms with Gasteiger partial charge >= 0.3 is 18.1 Å². The number of aliphatic carboxylic acids is 1. The van der Waals surface area contributed by atoms with Crippen LogP contribution in [-0.4, -0.2) is 59.6 Å². The number of rotatable bonds is 5. The van der Waals surface area contributed by atoms with E-state index >= 15 is 0 Å². The number of imide groups is 1. The van der Waals surface area contributed by atoms with Crippen LogP contribution >= 0.6 is 0 Å². The van der Waals surface area contributed by atoms with Gasteiger partial charge < -0.3 is 9.84 Å². The number of halogens is 4.